The molecule has 7 nitrogen and oxygen atoms in total. The van der Waals surface area contributed by atoms with E-state index in [9.17, 15) is 9.59 Å². The summed E-state index contributed by atoms with van der Waals surface area (Å²) in [5.41, 5.74) is 0.104. The number of ether oxygens (including phenoxy) is 2. The molecule has 2 fully saturated rings. The van der Waals surface area contributed by atoms with Gasteiger partial charge in [0, 0.05) is 38.3 Å². The number of carbonyl (C=O) groups excluding carboxylic acids is 1. The van der Waals surface area contributed by atoms with Crippen LogP contribution in [0.5, 0.6) is 0 Å². The lowest BCUT2D eigenvalue weighted by atomic mass is 10.1. The zero-order chi connectivity index (χ0) is 16.2. The summed E-state index contributed by atoms with van der Waals surface area (Å²) in [4.78, 5) is 26.5. The standard InChI is InChI=1S/C16H23N3O4/c1-22-9-7-19-15(20)5-4-14(17-19)16(21)18(13-2-3-13)10-12-6-8-23-11-12/h4-5,12-13H,2-3,6-11H2,1H3/t12-/m0/s1. The maximum Gasteiger partial charge on any atom is 0.274 e. The number of hydrogen-bond acceptors (Lipinski definition) is 5. The van der Waals surface area contributed by atoms with E-state index in [-0.39, 0.29) is 11.5 Å². The van der Waals surface area contributed by atoms with Crippen molar-refractivity contribution in [2.45, 2.75) is 31.8 Å². The Kier molecular flexibility index (Phi) is 5.07. The van der Waals surface area contributed by atoms with Crippen LogP contribution in [-0.4, -0.2) is 60.1 Å². The maximum absolute atomic E-state index is 12.8. The molecule has 0 radical (unpaired) electrons. The van der Waals surface area contributed by atoms with E-state index in [1.54, 1.807) is 7.11 Å². The van der Waals surface area contributed by atoms with E-state index in [0.29, 0.717) is 37.4 Å². The lowest BCUT2D eigenvalue weighted by Gasteiger charge is -2.25. The Morgan fingerprint density at radius 1 is 1.43 bits per heavy atom. The van der Waals surface area contributed by atoms with E-state index in [1.165, 1.54) is 16.8 Å². The summed E-state index contributed by atoms with van der Waals surface area (Å²) in [7, 11) is 1.57. The Morgan fingerprint density at radius 2 is 2.26 bits per heavy atom. The van der Waals surface area contributed by atoms with E-state index in [2.05, 4.69) is 5.10 Å². The number of rotatable bonds is 7. The summed E-state index contributed by atoms with van der Waals surface area (Å²) in [6.07, 6.45) is 3.09. The van der Waals surface area contributed by atoms with E-state index >= 15 is 0 Å². The molecule has 3 rings (SSSR count). The molecule has 2 aliphatic rings. The molecule has 2 heterocycles. The van der Waals surface area contributed by atoms with Crippen molar-refractivity contribution < 1.29 is 14.3 Å². The summed E-state index contributed by atoms with van der Waals surface area (Å²) in [6.45, 7) is 2.93. The quantitative estimate of drug-likeness (QED) is 0.732. The zero-order valence-corrected chi connectivity index (χ0v) is 13.4. The topological polar surface area (TPSA) is 73.7 Å². The Balaban J connectivity index is 1.75. The van der Waals surface area contributed by atoms with Crippen molar-refractivity contribution in [2.75, 3.05) is 33.5 Å². The predicted molar refractivity (Wildman–Crippen MR) is 83.4 cm³/mol. The molecule has 0 N–H and O–H groups in total. The van der Waals surface area contributed by atoms with Crippen LogP contribution in [0.25, 0.3) is 0 Å². The highest BCUT2D eigenvalue weighted by molar-refractivity contribution is 5.92. The Labute approximate surface area is 135 Å². The Morgan fingerprint density at radius 3 is 2.91 bits per heavy atom. The van der Waals surface area contributed by atoms with E-state index in [0.717, 1.165) is 32.5 Å². The van der Waals surface area contributed by atoms with Gasteiger partial charge in [0.05, 0.1) is 19.8 Å². The zero-order valence-electron chi connectivity index (χ0n) is 13.4. The molecule has 1 saturated carbocycles. The molecule has 0 aromatic carbocycles. The Bertz CT molecular complexity index is 606. The van der Waals surface area contributed by atoms with Gasteiger partial charge in [0.1, 0.15) is 5.69 Å². The third-order valence-corrected chi connectivity index (χ3v) is 4.32. The third kappa shape index (κ3) is 3.97. The van der Waals surface area contributed by atoms with Crippen LogP contribution in [0.4, 0.5) is 0 Å². The lowest BCUT2D eigenvalue weighted by Crippen LogP contribution is -2.39. The molecule has 1 atom stereocenters. The van der Waals surface area contributed by atoms with Crippen molar-refractivity contribution in [3.8, 4) is 0 Å². The molecule has 0 bridgehead atoms. The smallest absolute Gasteiger partial charge is 0.274 e. The molecule has 1 aliphatic carbocycles. The molecule has 1 aromatic heterocycles. The molecule has 126 valence electrons. The molecule has 1 amide bonds. The van der Waals surface area contributed by atoms with Gasteiger partial charge in [0.2, 0.25) is 0 Å². The van der Waals surface area contributed by atoms with Gasteiger partial charge in [-0.3, -0.25) is 9.59 Å². The lowest BCUT2D eigenvalue weighted by molar-refractivity contribution is 0.0696. The largest absolute Gasteiger partial charge is 0.383 e. The maximum atomic E-state index is 12.8. The average molecular weight is 321 g/mol. The number of methoxy groups -OCH3 is 1. The highest BCUT2D eigenvalue weighted by atomic mass is 16.5. The van der Waals surface area contributed by atoms with Crippen LogP contribution < -0.4 is 5.56 Å². The van der Waals surface area contributed by atoms with Gasteiger partial charge >= 0.3 is 0 Å². The Hall–Kier alpha value is -1.73. The van der Waals surface area contributed by atoms with Crippen molar-refractivity contribution in [1.29, 1.82) is 0 Å². The van der Waals surface area contributed by atoms with Gasteiger partial charge in [-0.25, -0.2) is 4.68 Å². The first-order valence-corrected chi connectivity index (χ1v) is 8.15. The molecule has 1 aromatic rings. The van der Waals surface area contributed by atoms with Crippen LogP contribution in [0.1, 0.15) is 29.8 Å². The van der Waals surface area contributed by atoms with E-state index in [4.69, 9.17) is 9.47 Å². The second kappa shape index (κ2) is 7.23. The summed E-state index contributed by atoms with van der Waals surface area (Å²) < 4.78 is 11.7. The fourth-order valence-electron chi connectivity index (χ4n) is 2.84. The van der Waals surface area contributed by atoms with Gasteiger partial charge in [-0.15, -0.1) is 0 Å². The van der Waals surface area contributed by atoms with Crippen molar-refractivity contribution in [3.05, 3.63) is 28.2 Å². The fraction of sp³-hybridized carbons (Fsp3) is 0.688. The van der Waals surface area contributed by atoms with Gasteiger partial charge in [0.15, 0.2) is 0 Å². The second-order valence-corrected chi connectivity index (χ2v) is 6.19. The molecule has 1 saturated heterocycles. The first-order valence-electron chi connectivity index (χ1n) is 8.15. The van der Waals surface area contributed by atoms with E-state index in [1.807, 2.05) is 4.90 Å². The molecule has 23 heavy (non-hydrogen) atoms. The molecule has 0 unspecified atom stereocenters. The number of nitrogens with zero attached hydrogens (tertiary/aromatic N) is 3. The summed E-state index contributed by atoms with van der Waals surface area (Å²) in [6, 6.07) is 3.23. The van der Waals surface area contributed by atoms with Crippen molar-refractivity contribution in [2.24, 2.45) is 5.92 Å². The summed E-state index contributed by atoms with van der Waals surface area (Å²) in [5.74, 6) is 0.310. The molecule has 1 aliphatic heterocycles. The van der Waals surface area contributed by atoms with Crippen LogP contribution in [0, 0.1) is 5.92 Å². The minimum atomic E-state index is -0.222. The normalized spacial score (nSPS) is 20.7. The molecular weight excluding hydrogens is 298 g/mol. The van der Waals surface area contributed by atoms with Crippen LogP contribution >= 0.6 is 0 Å². The van der Waals surface area contributed by atoms with Crippen LogP contribution in [0.3, 0.4) is 0 Å². The number of amides is 1. The predicted octanol–water partition coefficient (Wildman–Crippen LogP) is 0.531. The van der Waals surface area contributed by atoms with Crippen molar-refractivity contribution >= 4 is 5.91 Å². The van der Waals surface area contributed by atoms with Gasteiger partial charge in [-0.05, 0) is 25.3 Å². The summed E-state index contributed by atoms with van der Waals surface area (Å²) >= 11 is 0. The molecular formula is C16H23N3O4. The first-order chi connectivity index (χ1) is 11.2. The second-order valence-electron chi connectivity index (χ2n) is 6.19. The van der Waals surface area contributed by atoms with Crippen molar-refractivity contribution in [3.63, 3.8) is 0 Å². The number of hydrogen-bond donors (Lipinski definition) is 0. The van der Waals surface area contributed by atoms with Crippen molar-refractivity contribution in [1.82, 2.24) is 14.7 Å². The number of carbonyl (C=O) groups is 1. The van der Waals surface area contributed by atoms with Gasteiger partial charge in [-0.2, -0.15) is 5.10 Å². The number of aromatic nitrogens is 2. The van der Waals surface area contributed by atoms with Crippen LogP contribution in [0.2, 0.25) is 0 Å². The van der Waals surface area contributed by atoms with Gasteiger partial charge in [0.25, 0.3) is 11.5 Å². The fourth-order valence-corrected chi connectivity index (χ4v) is 2.84. The van der Waals surface area contributed by atoms with Crippen LogP contribution in [0.15, 0.2) is 16.9 Å². The van der Waals surface area contributed by atoms with E-state index < -0.39 is 0 Å². The minimum Gasteiger partial charge on any atom is -0.383 e. The summed E-state index contributed by atoms with van der Waals surface area (Å²) in [5, 5.41) is 4.22. The minimum absolute atomic E-state index is 0.0921. The molecule has 0 spiro atoms. The first kappa shape index (κ1) is 16.1. The van der Waals surface area contributed by atoms with Gasteiger partial charge < -0.3 is 14.4 Å². The highest BCUT2D eigenvalue weighted by Crippen LogP contribution is 2.30. The monoisotopic (exact) mass is 321 g/mol. The SMILES string of the molecule is COCCn1nc(C(=O)N(C[C@@H]2CCOC2)C2CC2)ccc1=O. The third-order valence-electron chi connectivity index (χ3n) is 4.32. The van der Waals surface area contributed by atoms with Gasteiger partial charge in [-0.1, -0.05) is 0 Å². The average Bonchev–Trinajstić information content (AvgIpc) is 3.27. The highest BCUT2D eigenvalue weighted by Gasteiger charge is 2.35. The van der Waals surface area contributed by atoms with Crippen LogP contribution in [-0.2, 0) is 16.0 Å². The molecule has 7 heteroatoms.